The first-order valence-corrected chi connectivity index (χ1v) is 7.30. The second-order valence-corrected chi connectivity index (χ2v) is 5.42. The van der Waals surface area contributed by atoms with E-state index in [1.807, 2.05) is 12.1 Å². The summed E-state index contributed by atoms with van der Waals surface area (Å²) >= 11 is 0. The van der Waals surface area contributed by atoms with Crippen molar-refractivity contribution >= 4 is 0 Å². The van der Waals surface area contributed by atoms with Crippen LogP contribution in [0.2, 0.25) is 0 Å². The van der Waals surface area contributed by atoms with Crippen molar-refractivity contribution in [2.24, 2.45) is 0 Å². The van der Waals surface area contributed by atoms with Crippen molar-refractivity contribution in [3.05, 3.63) is 89.2 Å². The van der Waals surface area contributed by atoms with E-state index < -0.39 is 0 Å². The van der Waals surface area contributed by atoms with Crippen molar-refractivity contribution in [3.63, 3.8) is 0 Å². The second-order valence-electron chi connectivity index (χ2n) is 5.42. The Morgan fingerprint density at radius 2 is 1.43 bits per heavy atom. The second kappa shape index (κ2) is 5.92. The number of hydrogen-bond acceptors (Lipinski definition) is 1. The van der Waals surface area contributed by atoms with E-state index >= 15 is 0 Å². The molecule has 0 saturated carbocycles. The Kier molecular flexibility index (Phi) is 3.83. The number of pyridine rings is 1. The van der Waals surface area contributed by atoms with Crippen LogP contribution < -0.4 is 0 Å². The first-order valence-electron chi connectivity index (χ1n) is 7.30. The van der Waals surface area contributed by atoms with Gasteiger partial charge in [-0.15, -0.1) is 0 Å². The van der Waals surface area contributed by atoms with Crippen LogP contribution in [0.5, 0.6) is 0 Å². The van der Waals surface area contributed by atoms with Gasteiger partial charge in [0.05, 0.1) is 0 Å². The van der Waals surface area contributed by atoms with Crippen molar-refractivity contribution in [3.8, 4) is 11.1 Å². The van der Waals surface area contributed by atoms with Gasteiger partial charge in [0.15, 0.2) is 0 Å². The minimum atomic E-state index is 0.886. The predicted octanol–water partition coefficient (Wildman–Crippen LogP) is 4.96. The average Bonchev–Trinajstić information content (AvgIpc) is 2.49. The van der Waals surface area contributed by atoms with Crippen LogP contribution in [-0.4, -0.2) is 4.98 Å². The van der Waals surface area contributed by atoms with Crippen molar-refractivity contribution in [1.82, 2.24) is 4.98 Å². The fraction of sp³-hybridized carbons (Fsp3) is 0.150. The summed E-state index contributed by atoms with van der Waals surface area (Å²) in [5.74, 6) is 0. The third-order valence-corrected chi connectivity index (χ3v) is 3.74. The summed E-state index contributed by atoms with van der Waals surface area (Å²) in [6, 6.07) is 23.2. The van der Waals surface area contributed by atoms with Gasteiger partial charge in [0.25, 0.3) is 0 Å². The summed E-state index contributed by atoms with van der Waals surface area (Å²) < 4.78 is 0. The molecule has 0 aliphatic rings. The maximum Gasteiger partial charge on any atom is 0.0457 e. The molecular formula is C20H19N. The number of aryl methyl sites for hydroxylation is 2. The van der Waals surface area contributed by atoms with Crippen LogP contribution in [0.1, 0.15) is 22.5 Å². The zero-order valence-electron chi connectivity index (χ0n) is 12.5. The molecule has 0 saturated heterocycles. The molecule has 0 atom stereocenters. The lowest BCUT2D eigenvalue weighted by atomic mass is 9.97. The minimum absolute atomic E-state index is 0.886. The molecule has 0 N–H and O–H groups in total. The summed E-state index contributed by atoms with van der Waals surface area (Å²) in [6.45, 7) is 4.27. The van der Waals surface area contributed by atoms with Gasteiger partial charge in [0.1, 0.15) is 0 Å². The van der Waals surface area contributed by atoms with Crippen molar-refractivity contribution in [2.75, 3.05) is 0 Å². The molecule has 0 unspecified atom stereocenters. The molecule has 0 bridgehead atoms. The maximum absolute atomic E-state index is 4.81. The quantitative estimate of drug-likeness (QED) is 0.657. The van der Waals surface area contributed by atoms with Crippen molar-refractivity contribution in [2.45, 2.75) is 20.3 Å². The molecule has 0 radical (unpaired) electrons. The zero-order valence-corrected chi connectivity index (χ0v) is 12.5. The van der Waals surface area contributed by atoms with Crippen LogP contribution >= 0.6 is 0 Å². The summed E-state index contributed by atoms with van der Waals surface area (Å²) in [5.41, 5.74) is 7.33. The Hall–Kier alpha value is -2.41. The molecule has 3 aromatic rings. The van der Waals surface area contributed by atoms with Gasteiger partial charge in [-0.05, 0) is 36.6 Å². The maximum atomic E-state index is 4.81. The smallest absolute Gasteiger partial charge is 0.0457 e. The number of hydrogen-bond donors (Lipinski definition) is 0. The third kappa shape index (κ3) is 3.03. The van der Waals surface area contributed by atoms with E-state index in [9.17, 15) is 0 Å². The Morgan fingerprint density at radius 1 is 0.810 bits per heavy atom. The zero-order chi connectivity index (χ0) is 14.7. The van der Waals surface area contributed by atoms with Crippen LogP contribution in [0, 0.1) is 13.8 Å². The Balaban J connectivity index is 1.97. The SMILES string of the molecule is Cc1cc(Cc2ccccc2)nc(C)c1-c1ccccc1. The first-order chi connectivity index (χ1) is 10.2. The highest BCUT2D eigenvalue weighted by atomic mass is 14.7. The molecule has 0 fully saturated rings. The van der Waals surface area contributed by atoms with E-state index in [2.05, 4.69) is 68.4 Å². The number of nitrogens with zero attached hydrogens (tertiary/aromatic N) is 1. The summed E-state index contributed by atoms with van der Waals surface area (Å²) in [5, 5.41) is 0. The molecule has 0 amide bonds. The van der Waals surface area contributed by atoms with E-state index in [0.29, 0.717) is 0 Å². The summed E-state index contributed by atoms with van der Waals surface area (Å²) in [7, 11) is 0. The lowest BCUT2D eigenvalue weighted by molar-refractivity contribution is 1.03. The van der Waals surface area contributed by atoms with Gasteiger partial charge in [-0.2, -0.15) is 0 Å². The normalized spacial score (nSPS) is 10.6. The average molecular weight is 273 g/mol. The first kappa shape index (κ1) is 13.6. The van der Waals surface area contributed by atoms with Gasteiger partial charge in [-0.3, -0.25) is 4.98 Å². The lowest BCUT2D eigenvalue weighted by Crippen LogP contribution is -1.99. The van der Waals surface area contributed by atoms with Crippen LogP contribution in [0.3, 0.4) is 0 Å². The number of aromatic nitrogens is 1. The molecule has 21 heavy (non-hydrogen) atoms. The Labute approximate surface area is 126 Å². The molecule has 1 heterocycles. The van der Waals surface area contributed by atoms with Gasteiger partial charge >= 0.3 is 0 Å². The predicted molar refractivity (Wildman–Crippen MR) is 88.4 cm³/mol. The molecular weight excluding hydrogens is 254 g/mol. The summed E-state index contributed by atoms with van der Waals surface area (Å²) in [6.07, 6.45) is 0.886. The van der Waals surface area contributed by atoms with Crippen LogP contribution in [0.15, 0.2) is 66.7 Å². The van der Waals surface area contributed by atoms with Crippen LogP contribution in [0.25, 0.3) is 11.1 Å². The van der Waals surface area contributed by atoms with E-state index in [-0.39, 0.29) is 0 Å². The molecule has 0 aliphatic heterocycles. The fourth-order valence-electron chi connectivity index (χ4n) is 2.85. The highest BCUT2D eigenvalue weighted by molar-refractivity contribution is 5.69. The van der Waals surface area contributed by atoms with Gasteiger partial charge in [0, 0.05) is 23.4 Å². The van der Waals surface area contributed by atoms with E-state index in [1.54, 1.807) is 0 Å². The van der Waals surface area contributed by atoms with E-state index in [4.69, 9.17) is 4.98 Å². The van der Waals surface area contributed by atoms with Crippen molar-refractivity contribution in [1.29, 1.82) is 0 Å². The standard InChI is InChI=1S/C20H19N/c1-15-13-19(14-17-9-5-3-6-10-17)21-16(2)20(15)18-11-7-4-8-12-18/h3-13H,14H2,1-2H3. The molecule has 1 aromatic heterocycles. The van der Waals surface area contributed by atoms with E-state index in [1.165, 1.54) is 22.3 Å². The van der Waals surface area contributed by atoms with Crippen LogP contribution in [-0.2, 0) is 6.42 Å². The molecule has 104 valence electrons. The Bertz CT molecular complexity index is 707. The largest absolute Gasteiger partial charge is 0.257 e. The van der Waals surface area contributed by atoms with Crippen LogP contribution in [0.4, 0.5) is 0 Å². The van der Waals surface area contributed by atoms with Gasteiger partial charge < -0.3 is 0 Å². The highest BCUT2D eigenvalue weighted by Gasteiger charge is 2.09. The van der Waals surface area contributed by atoms with Gasteiger partial charge in [0.2, 0.25) is 0 Å². The molecule has 1 nitrogen and oxygen atoms in total. The summed E-state index contributed by atoms with van der Waals surface area (Å²) in [4.78, 5) is 4.81. The van der Waals surface area contributed by atoms with Gasteiger partial charge in [-0.1, -0.05) is 60.7 Å². The van der Waals surface area contributed by atoms with Gasteiger partial charge in [-0.25, -0.2) is 0 Å². The van der Waals surface area contributed by atoms with Crippen molar-refractivity contribution < 1.29 is 0 Å². The molecule has 3 rings (SSSR count). The molecule has 1 heteroatoms. The highest BCUT2D eigenvalue weighted by Crippen LogP contribution is 2.27. The molecule has 0 aliphatic carbocycles. The Morgan fingerprint density at radius 3 is 2.05 bits per heavy atom. The topological polar surface area (TPSA) is 12.9 Å². The molecule has 0 spiro atoms. The number of rotatable bonds is 3. The fourth-order valence-corrected chi connectivity index (χ4v) is 2.85. The number of benzene rings is 2. The third-order valence-electron chi connectivity index (χ3n) is 3.74. The minimum Gasteiger partial charge on any atom is -0.257 e. The lowest BCUT2D eigenvalue weighted by Gasteiger charge is -2.12. The van der Waals surface area contributed by atoms with E-state index in [0.717, 1.165) is 17.8 Å². The monoisotopic (exact) mass is 273 g/mol. The molecule has 2 aromatic carbocycles.